The Hall–Kier alpha value is -0.170. The maximum Gasteiger partial charge on any atom is 0.282 e. The summed E-state index contributed by atoms with van der Waals surface area (Å²) < 4.78 is 27.7. The van der Waals surface area contributed by atoms with Crippen molar-refractivity contribution in [3.63, 3.8) is 0 Å². The van der Waals surface area contributed by atoms with E-state index in [0.29, 0.717) is 19.0 Å². The van der Waals surface area contributed by atoms with Crippen LogP contribution in [-0.2, 0) is 10.2 Å². The van der Waals surface area contributed by atoms with Gasteiger partial charge in [-0.25, -0.2) is 0 Å². The van der Waals surface area contributed by atoms with Crippen molar-refractivity contribution >= 4 is 10.2 Å². The molecule has 1 heterocycles. The van der Waals surface area contributed by atoms with Gasteiger partial charge in [0.1, 0.15) is 0 Å². The number of aliphatic hydroxyl groups excluding tert-OH is 1. The molecule has 0 amide bonds. The lowest BCUT2D eigenvalue weighted by atomic mass is 10.1. The molecule has 1 atom stereocenters. The molecule has 0 bridgehead atoms. The van der Waals surface area contributed by atoms with E-state index in [9.17, 15) is 13.5 Å². The Morgan fingerprint density at radius 1 is 1.39 bits per heavy atom. The zero-order chi connectivity index (χ0) is 13.8. The zero-order valence-corrected chi connectivity index (χ0v) is 12.5. The monoisotopic (exact) mass is 278 g/mol. The first-order valence-electron chi connectivity index (χ1n) is 6.73. The summed E-state index contributed by atoms with van der Waals surface area (Å²) in [5.41, 5.74) is 0. The van der Waals surface area contributed by atoms with Gasteiger partial charge in [0.15, 0.2) is 0 Å². The Kier molecular flexibility index (Phi) is 6.04. The van der Waals surface area contributed by atoms with Gasteiger partial charge in [-0.1, -0.05) is 20.3 Å². The number of hydrogen-bond donors (Lipinski definition) is 1. The Labute approximate surface area is 111 Å². The van der Waals surface area contributed by atoms with Gasteiger partial charge >= 0.3 is 0 Å². The number of nitrogens with zero attached hydrogens (tertiary/aromatic N) is 2. The first kappa shape index (κ1) is 15.9. The molecule has 5 nitrogen and oxygen atoms in total. The van der Waals surface area contributed by atoms with Crippen molar-refractivity contribution in [2.75, 3.05) is 26.7 Å². The molecular weight excluding hydrogens is 252 g/mol. The summed E-state index contributed by atoms with van der Waals surface area (Å²) in [7, 11) is -1.79. The van der Waals surface area contributed by atoms with E-state index in [-0.39, 0.29) is 12.6 Å². The molecule has 1 aliphatic rings. The van der Waals surface area contributed by atoms with Crippen molar-refractivity contribution in [1.29, 1.82) is 0 Å². The highest BCUT2D eigenvalue weighted by atomic mass is 32.2. The summed E-state index contributed by atoms with van der Waals surface area (Å²) >= 11 is 0. The van der Waals surface area contributed by atoms with Crippen LogP contribution in [0.1, 0.15) is 39.5 Å². The minimum atomic E-state index is -3.41. The van der Waals surface area contributed by atoms with E-state index < -0.39 is 10.2 Å². The van der Waals surface area contributed by atoms with Crippen LogP contribution in [0.2, 0.25) is 0 Å². The van der Waals surface area contributed by atoms with Gasteiger partial charge < -0.3 is 5.11 Å². The van der Waals surface area contributed by atoms with E-state index in [0.717, 1.165) is 25.7 Å². The second-order valence-corrected chi connectivity index (χ2v) is 7.44. The minimum Gasteiger partial charge on any atom is -0.395 e. The van der Waals surface area contributed by atoms with Crippen LogP contribution < -0.4 is 0 Å². The van der Waals surface area contributed by atoms with Gasteiger partial charge in [-0.2, -0.15) is 17.0 Å². The molecule has 0 aliphatic carbocycles. The first-order valence-corrected chi connectivity index (χ1v) is 8.13. The molecule has 0 aromatic rings. The van der Waals surface area contributed by atoms with E-state index >= 15 is 0 Å². The third-order valence-electron chi connectivity index (χ3n) is 3.50. The quantitative estimate of drug-likeness (QED) is 0.790. The predicted octanol–water partition coefficient (Wildman–Crippen LogP) is 1.06. The van der Waals surface area contributed by atoms with Crippen LogP contribution in [0.25, 0.3) is 0 Å². The third kappa shape index (κ3) is 3.91. The van der Waals surface area contributed by atoms with E-state index in [1.54, 1.807) is 7.05 Å². The molecule has 1 fully saturated rings. The maximum absolute atomic E-state index is 12.4. The van der Waals surface area contributed by atoms with Gasteiger partial charge in [0.25, 0.3) is 10.2 Å². The lowest BCUT2D eigenvalue weighted by Gasteiger charge is -2.36. The molecule has 0 aromatic carbocycles. The number of piperidine rings is 1. The number of hydrogen-bond acceptors (Lipinski definition) is 3. The number of rotatable bonds is 6. The molecule has 108 valence electrons. The van der Waals surface area contributed by atoms with Crippen LogP contribution in [0.5, 0.6) is 0 Å². The largest absolute Gasteiger partial charge is 0.395 e. The fourth-order valence-electron chi connectivity index (χ4n) is 2.19. The first-order chi connectivity index (χ1) is 8.39. The average Bonchev–Trinajstić information content (AvgIpc) is 2.35. The highest BCUT2D eigenvalue weighted by Crippen LogP contribution is 2.22. The Morgan fingerprint density at radius 2 is 2.06 bits per heavy atom. The average molecular weight is 278 g/mol. The van der Waals surface area contributed by atoms with Crippen molar-refractivity contribution in [3.8, 4) is 0 Å². The summed E-state index contributed by atoms with van der Waals surface area (Å²) in [6, 6.07) is -0.245. The molecule has 18 heavy (non-hydrogen) atoms. The zero-order valence-electron chi connectivity index (χ0n) is 11.7. The smallest absolute Gasteiger partial charge is 0.282 e. The van der Waals surface area contributed by atoms with E-state index in [4.69, 9.17) is 0 Å². The third-order valence-corrected chi connectivity index (χ3v) is 5.54. The lowest BCUT2D eigenvalue weighted by Crippen LogP contribution is -2.51. The Balaban J connectivity index is 2.71. The van der Waals surface area contributed by atoms with Crippen LogP contribution in [0.15, 0.2) is 0 Å². The molecule has 0 spiro atoms. The van der Waals surface area contributed by atoms with Crippen molar-refractivity contribution in [2.45, 2.75) is 45.6 Å². The maximum atomic E-state index is 12.4. The molecule has 0 radical (unpaired) electrons. The topological polar surface area (TPSA) is 60.9 Å². The van der Waals surface area contributed by atoms with E-state index in [1.807, 2.05) is 0 Å². The summed E-state index contributed by atoms with van der Waals surface area (Å²) in [5.74, 6) is 0.484. The van der Waals surface area contributed by atoms with Crippen molar-refractivity contribution in [2.24, 2.45) is 5.92 Å². The Morgan fingerprint density at radius 3 is 2.61 bits per heavy atom. The minimum absolute atomic E-state index is 0.0861. The molecule has 1 aliphatic heterocycles. The van der Waals surface area contributed by atoms with Crippen molar-refractivity contribution in [3.05, 3.63) is 0 Å². The summed E-state index contributed by atoms with van der Waals surface area (Å²) in [6.07, 6.45) is 3.49. The molecule has 0 saturated carbocycles. The number of aliphatic hydroxyl groups is 1. The molecule has 1 rings (SSSR count). The summed E-state index contributed by atoms with van der Waals surface area (Å²) in [5, 5.41) is 9.30. The predicted molar refractivity (Wildman–Crippen MR) is 72.4 cm³/mol. The molecule has 1 N–H and O–H groups in total. The van der Waals surface area contributed by atoms with Gasteiger partial charge in [0, 0.05) is 26.2 Å². The SMILES string of the molecule is CC(C)CCN(C)S(=O)(=O)N1CCCCC1CO. The molecule has 1 unspecified atom stereocenters. The van der Waals surface area contributed by atoms with Crippen LogP contribution in [0.4, 0.5) is 0 Å². The van der Waals surface area contributed by atoms with Gasteiger partial charge in [0.05, 0.1) is 6.61 Å². The molecule has 1 saturated heterocycles. The lowest BCUT2D eigenvalue weighted by molar-refractivity contribution is 0.149. The van der Waals surface area contributed by atoms with Gasteiger partial charge in [-0.05, 0) is 25.2 Å². The van der Waals surface area contributed by atoms with Crippen LogP contribution >= 0.6 is 0 Å². The fourth-order valence-corrected chi connectivity index (χ4v) is 3.80. The van der Waals surface area contributed by atoms with Crippen LogP contribution in [0, 0.1) is 5.92 Å². The van der Waals surface area contributed by atoms with Crippen molar-refractivity contribution < 1.29 is 13.5 Å². The fraction of sp³-hybridized carbons (Fsp3) is 1.00. The van der Waals surface area contributed by atoms with E-state index in [2.05, 4.69) is 13.8 Å². The second-order valence-electron chi connectivity index (χ2n) is 5.45. The molecular formula is C12H26N2O3S. The molecule has 6 heteroatoms. The van der Waals surface area contributed by atoms with E-state index in [1.165, 1.54) is 8.61 Å². The summed E-state index contributed by atoms with van der Waals surface area (Å²) in [4.78, 5) is 0. The highest BCUT2D eigenvalue weighted by molar-refractivity contribution is 7.86. The van der Waals surface area contributed by atoms with Crippen LogP contribution in [0.3, 0.4) is 0 Å². The van der Waals surface area contributed by atoms with Crippen LogP contribution in [-0.4, -0.2) is 54.9 Å². The highest BCUT2D eigenvalue weighted by Gasteiger charge is 2.34. The standard InChI is InChI=1S/C12H26N2O3S/c1-11(2)7-9-13(3)18(16,17)14-8-5-4-6-12(14)10-15/h11-12,15H,4-10H2,1-3H3. The summed E-state index contributed by atoms with van der Waals surface area (Å²) in [6.45, 7) is 5.14. The van der Waals surface area contributed by atoms with Gasteiger partial charge in [-0.15, -0.1) is 0 Å². The Bertz CT molecular complexity index is 343. The van der Waals surface area contributed by atoms with Gasteiger partial charge in [0.2, 0.25) is 0 Å². The molecule has 0 aromatic heterocycles. The van der Waals surface area contributed by atoms with Gasteiger partial charge in [-0.3, -0.25) is 0 Å². The normalized spacial score (nSPS) is 22.9. The second kappa shape index (κ2) is 6.84. The van der Waals surface area contributed by atoms with Crippen molar-refractivity contribution in [1.82, 2.24) is 8.61 Å².